The number of rotatable bonds is 3. The molecule has 0 amide bonds. The maximum absolute atomic E-state index is 5.36. The third kappa shape index (κ3) is 1.69. The van der Waals surface area contributed by atoms with Crippen molar-refractivity contribution in [2.24, 2.45) is 0 Å². The Morgan fingerprint density at radius 3 is 2.77 bits per heavy atom. The van der Waals surface area contributed by atoms with Gasteiger partial charge in [-0.1, -0.05) is 12.1 Å². The molecule has 0 bridgehead atoms. The van der Waals surface area contributed by atoms with Gasteiger partial charge in [-0.05, 0) is 49.3 Å². The Kier molecular flexibility index (Phi) is 2.26. The van der Waals surface area contributed by atoms with E-state index in [0.29, 0.717) is 0 Å². The molecule has 1 fully saturated rings. The SMILES string of the molecule is [CH2]Cc1ccc(C2CC2)c(OC)c1. The van der Waals surface area contributed by atoms with Crippen molar-refractivity contribution in [3.8, 4) is 5.75 Å². The van der Waals surface area contributed by atoms with E-state index in [4.69, 9.17) is 4.74 Å². The van der Waals surface area contributed by atoms with Crippen LogP contribution in [-0.4, -0.2) is 7.11 Å². The average Bonchev–Trinajstić information content (AvgIpc) is 3.00. The monoisotopic (exact) mass is 175 g/mol. The number of methoxy groups -OCH3 is 1. The van der Waals surface area contributed by atoms with Crippen LogP contribution in [-0.2, 0) is 6.42 Å². The van der Waals surface area contributed by atoms with Crippen LogP contribution in [0.5, 0.6) is 5.75 Å². The highest BCUT2D eigenvalue weighted by atomic mass is 16.5. The molecular weight excluding hydrogens is 160 g/mol. The van der Waals surface area contributed by atoms with Crippen molar-refractivity contribution in [1.29, 1.82) is 0 Å². The zero-order valence-corrected chi connectivity index (χ0v) is 8.05. The van der Waals surface area contributed by atoms with E-state index in [9.17, 15) is 0 Å². The minimum Gasteiger partial charge on any atom is -0.496 e. The van der Waals surface area contributed by atoms with Gasteiger partial charge in [0.1, 0.15) is 5.75 Å². The van der Waals surface area contributed by atoms with Crippen molar-refractivity contribution < 1.29 is 4.74 Å². The predicted molar refractivity (Wildman–Crippen MR) is 54.0 cm³/mol. The van der Waals surface area contributed by atoms with Crippen LogP contribution in [0.3, 0.4) is 0 Å². The normalized spacial score (nSPS) is 15.8. The first-order valence-corrected chi connectivity index (χ1v) is 4.81. The molecule has 0 aromatic heterocycles. The molecule has 2 rings (SSSR count). The summed E-state index contributed by atoms with van der Waals surface area (Å²) < 4.78 is 5.36. The van der Waals surface area contributed by atoms with Crippen LogP contribution in [0.25, 0.3) is 0 Å². The number of hydrogen-bond acceptors (Lipinski definition) is 1. The van der Waals surface area contributed by atoms with Crippen molar-refractivity contribution in [2.75, 3.05) is 7.11 Å². The maximum atomic E-state index is 5.36. The first-order valence-electron chi connectivity index (χ1n) is 4.81. The fourth-order valence-corrected chi connectivity index (χ4v) is 1.64. The molecule has 0 unspecified atom stereocenters. The van der Waals surface area contributed by atoms with Crippen LogP contribution in [0.1, 0.15) is 29.9 Å². The van der Waals surface area contributed by atoms with Crippen LogP contribution in [0.4, 0.5) is 0 Å². The molecule has 1 radical (unpaired) electrons. The highest BCUT2D eigenvalue weighted by Gasteiger charge is 2.26. The fourth-order valence-electron chi connectivity index (χ4n) is 1.64. The van der Waals surface area contributed by atoms with Gasteiger partial charge in [-0.15, -0.1) is 0 Å². The van der Waals surface area contributed by atoms with Gasteiger partial charge in [-0.25, -0.2) is 0 Å². The molecule has 0 aliphatic heterocycles. The van der Waals surface area contributed by atoms with E-state index in [0.717, 1.165) is 18.1 Å². The maximum Gasteiger partial charge on any atom is 0.122 e. The summed E-state index contributed by atoms with van der Waals surface area (Å²) >= 11 is 0. The largest absolute Gasteiger partial charge is 0.496 e. The lowest BCUT2D eigenvalue weighted by atomic mass is 10.1. The number of benzene rings is 1. The van der Waals surface area contributed by atoms with Gasteiger partial charge in [0.2, 0.25) is 0 Å². The van der Waals surface area contributed by atoms with Gasteiger partial charge >= 0.3 is 0 Å². The Balaban J connectivity index is 2.33. The lowest BCUT2D eigenvalue weighted by Gasteiger charge is -2.08. The Bertz CT molecular complexity index is 300. The highest BCUT2D eigenvalue weighted by Crippen LogP contribution is 2.44. The zero-order chi connectivity index (χ0) is 9.26. The van der Waals surface area contributed by atoms with Crippen molar-refractivity contribution in [3.63, 3.8) is 0 Å². The van der Waals surface area contributed by atoms with Gasteiger partial charge in [-0.3, -0.25) is 0 Å². The standard InChI is InChI=1S/C12H15O/c1-3-9-4-7-11(10-5-6-10)12(8-9)13-2/h4,7-8,10H,1,3,5-6H2,2H3. The predicted octanol–water partition coefficient (Wildman–Crippen LogP) is 2.95. The molecule has 13 heavy (non-hydrogen) atoms. The summed E-state index contributed by atoms with van der Waals surface area (Å²) in [6, 6.07) is 6.46. The van der Waals surface area contributed by atoms with Crippen LogP contribution in [0.2, 0.25) is 0 Å². The molecular formula is C12H15O. The van der Waals surface area contributed by atoms with Gasteiger partial charge in [0.25, 0.3) is 0 Å². The van der Waals surface area contributed by atoms with E-state index in [1.54, 1.807) is 7.11 Å². The Morgan fingerprint density at radius 2 is 2.23 bits per heavy atom. The minimum absolute atomic E-state index is 0.758. The number of hydrogen-bond donors (Lipinski definition) is 0. The molecule has 1 aliphatic carbocycles. The first kappa shape index (κ1) is 8.61. The summed E-state index contributed by atoms with van der Waals surface area (Å²) in [5.41, 5.74) is 2.63. The third-order valence-corrected chi connectivity index (χ3v) is 2.60. The van der Waals surface area contributed by atoms with E-state index < -0.39 is 0 Å². The molecule has 1 aromatic carbocycles. The highest BCUT2D eigenvalue weighted by molar-refractivity contribution is 5.41. The Labute approximate surface area is 79.7 Å². The van der Waals surface area contributed by atoms with Gasteiger partial charge in [0.15, 0.2) is 0 Å². The quantitative estimate of drug-likeness (QED) is 0.686. The van der Waals surface area contributed by atoms with E-state index in [1.807, 2.05) is 0 Å². The average molecular weight is 175 g/mol. The van der Waals surface area contributed by atoms with Gasteiger partial charge in [0, 0.05) is 0 Å². The molecule has 0 N–H and O–H groups in total. The second-order valence-electron chi connectivity index (χ2n) is 3.60. The van der Waals surface area contributed by atoms with Gasteiger partial charge < -0.3 is 4.74 Å². The van der Waals surface area contributed by atoms with Crippen LogP contribution in [0, 0.1) is 6.92 Å². The smallest absolute Gasteiger partial charge is 0.122 e. The lowest BCUT2D eigenvalue weighted by molar-refractivity contribution is 0.409. The summed E-state index contributed by atoms with van der Waals surface area (Å²) in [5.74, 6) is 1.80. The molecule has 1 saturated carbocycles. The second kappa shape index (κ2) is 3.41. The zero-order valence-electron chi connectivity index (χ0n) is 8.05. The summed E-state index contributed by atoms with van der Waals surface area (Å²) in [6.07, 6.45) is 3.47. The molecule has 1 aliphatic rings. The van der Waals surface area contributed by atoms with Gasteiger partial charge in [-0.2, -0.15) is 0 Å². The molecule has 1 aromatic rings. The minimum atomic E-state index is 0.758. The van der Waals surface area contributed by atoms with Crippen molar-refractivity contribution in [1.82, 2.24) is 0 Å². The molecule has 0 atom stereocenters. The van der Waals surface area contributed by atoms with Crippen LogP contribution < -0.4 is 4.74 Å². The molecule has 0 spiro atoms. The molecule has 0 heterocycles. The van der Waals surface area contributed by atoms with Crippen LogP contribution in [0.15, 0.2) is 18.2 Å². The molecule has 1 nitrogen and oxygen atoms in total. The van der Waals surface area contributed by atoms with Gasteiger partial charge in [0.05, 0.1) is 7.11 Å². The van der Waals surface area contributed by atoms with Crippen molar-refractivity contribution in [3.05, 3.63) is 36.2 Å². The second-order valence-corrected chi connectivity index (χ2v) is 3.60. The third-order valence-electron chi connectivity index (χ3n) is 2.60. The molecule has 69 valence electrons. The number of ether oxygens (including phenoxy) is 1. The summed E-state index contributed by atoms with van der Waals surface area (Å²) in [5, 5.41) is 0. The summed E-state index contributed by atoms with van der Waals surface area (Å²) in [6.45, 7) is 3.87. The van der Waals surface area contributed by atoms with Crippen molar-refractivity contribution in [2.45, 2.75) is 25.2 Å². The first-order chi connectivity index (χ1) is 6.35. The fraction of sp³-hybridized carbons (Fsp3) is 0.417. The lowest BCUT2D eigenvalue weighted by Crippen LogP contribution is -1.92. The molecule has 0 saturated heterocycles. The Morgan fingerprint density at radius 1 is 1.46 bits per heavy atom. The molecule has 1 heteroatoms. The van der Waals surface area contributed by atoms with Crippen LogP contribution >= 0.6 is 0 Å². The Hall–Kier alpha value is -0.980. The topological polar surface area (TPSA) is 9.23 Å². The van der Waals surface area contributed by atoms with E-state index in [1.165, 1.54) is 24.0 Å². The van der Waals surface area contributed by atoms with E-state index in [2.05, 4.69) is 25.1 Å². The van der Waals surface area contributed by atoms with E-state index in [-0.39, 0.29) is 0 Å². The summed E-state index contributed by atoms with van der Waals surface area (Å²) in [4.78, 5) is 0. The van der Waals surface area contributed by atoms with E-state index >= 15 is 0 Å². The summed E-state index contributed by atoms with van der Waals surface area (Å²) in [7, 11) is 1.74. The van der Waals surface area contributed by atoms with Crippen molar-refractivity contribution >= 4 is 0 Å².